The van der Waals surface area contributed by atoms with E-state index in [0.717, 1.165) is 18.5 Å². The third-order valence-electron chi connectivity index (χ3n) is 3.08. The first-order chi connectivity index (χ1) is 9.36. The van der Waals surface area contributed by atoms with E-state index in [9.17, 15) is 14.9 Å². The van der Waals surface area contributed by atoms with Gasteiger partial charge in [-0.1, -0.05) is 0 Å². The van der Waals surface area contributed by atoms with Crippen LogP contribution in [0.1, 0.15) is 32.3 Å². The molecule has 1 rings (SSSR count). The number of nitrogens with one attached hydrogen (secondary N) is 2. The zero-order valence-corrected chi connectivity index (χ0v) is 12.1. The molecule has 1 amide bonds. The van der Waals surface area contributed by atoms with Gasteiger partial charge in [-0.3, -0.25) is 14.9 Å². The van der Waals surface area contributed by atoms with Gasteiger partial charge in [0.1, 0.15) is 0 Å². The van der Waals surface area contributed by atoms with Crippen LogP contribution in [0.15, 0.2) is 24.3 Å². The smallest absolute Gasteiger partial charge is 0.269 e. The molecule has 110 valence electrons. The second kappa shape index (κ2) is 7.00. The van der Waals surface area contributed by atoms with E-state index in [1.54, 1.807) is 12.1 Å². The summed E-state index contributed by atoms with van der Waals surface area (Å²) in [5.74, 6) is -0.0244. The van der Waals surface area contributed by atoms with Crippen LogP contribution in [0.3, 0.4) is 0 Å². The van der Waals surface area contributed by atoms with Gasteiger partial charge < -0.3 is 10.6 Å². The first-order valence-electron chi connectivity index (χ1n) is 6.57. The summed E-state index contributed by atoms with van der Waals surface area (Å²) in [6.07, 6.45) is 1.23. The first-order valence-corrected chi connectivity index (χ1v) is 6.57. The number of non-ortho nitro benzene ring substituents is 1. The Morgan fingerprint density at radius 1 is 1.30 bits per heavy atom. The van der Waals surface area contributed by atoms with Crippen molar-refractivity contribution in [3.63, 3.8) is 0 Å². The van der Waals surface area contributed by atoms with Crippen LogP contribution in [0, 0.1) is 10.1 Å². The van der Waals surface area contributed by atoms with Crippen LogP contribution in [-0.4, -0.2) is 24.4 Å². The molecule has 0 aliphatic carbocycles. The van der Waals surface area contributed by atoms with Gasteiger partial charge in [-0.2, -0.15) is 0 Å². The SMILES string of the molecule is CNCCCC(=O)NC(C)(C)c1ccc([N+](=O)[O-])cc1. The maximum atomic E-state index is 11.8. The minimum atomic E-state index is -0.550. The van der Waals surface area contributed by atoms with Crippen molar-refractivity contribution < 1.29 is 9.72 Å². The Balaban J connectivity index is 2.67. The van der Waals surface area contributed by atoms with Crippen LogP contribution in [0.5, 0.6) is 0 Å². The molecule has 0 unspecified atom stereocenters. The molecule has 0 aliphatic rings. The highest BCUT2D eigenvalue weighted by Crippen LogP contribution is 2.22. The fourth-order valence-corrected chi connectivity index (χ4v) is 1.91. The van der Waals surface area contributed by atoms with Gasteiger partial charge in [0.05, 0.1) is 10.5 Å². The lowest BCUT2D eigenvalue weighted by atomic mass is 9.94. The van der Waals surface area contributed by atoms with Crippen LogP contribution in [-0.2, 0) is 10.3 Å². The van der Waals surface area contributed by atoms with E-state index in [0.29, 0.717) is 6.42 Å². The summed E-state index contributed by atoms with van der Waals surface area (Å²) in [6, 6.07) is 6.24. The fourth-order valence-electron chi connectivity index (χ4n) is 1.91. The third-order valence-corrected chi connectivity index (χ3v) is 3.08. The normalized spacial score (nSPS) is 11.2. The molecule has 20 heavy (non-hydrogen) atoms. The Labute approximate surface area is 118 Å². The van der Waals surface area contributed by atoms with Gasteiger partial charge in [-0.15, -0.1) is 0 Å². The second-order valence-corrected chi connectivity index (χ2v) is 5.18. The number of nitro benzene ring substituents is 1. The van der Waals surface area contributed by atoms with E-state index in [1.165, 1.54) is 12.1 Å². The number of nitrogens with zero attached hydrogens (tertiary/aromatic N) is 1. The number of amides is 1. The molecule has 6 heteroatoms. The zero-order valence-electron chi connectivity index (χ0n) is 12.1. The molecule has 0 aliphatic heterocycles. The van der Waals surface area contributed by atoms with E-state index in [2.05, 4.69) is 10.6 Å². The van der Waals surface area contributed by atoms with Crippen LogP contribution in [0.4, 0.5) is 5.69 Å². The zero-order chi connectivity index (χ0) is 15.2. The molecule has 0 saturated heterocycles. The minimum absolute atomic E-state index is 0.0244. The molecular weight excluding hydrogens is 258 g/mol. The number of carbonyl (C=O) groups is 1. The Bertz CT molecular complexity index is 469. The van der Waals surface area contributed by atoms with Crippen molar-refractivity contribution in [3.05, 3.63) is 39.9 Å². The van der Waals surface area contributed by atoms with E-state index in [-0.39, 0.29) is 11.6 Å². The molecule has 1 aromatic carbocycles. The highest BCUT2D eigenvalue weighted by Gasteiger charge is 2.23. The molecule has 0 bridgehead atoms. The van der Waals surface area contributed by atoms with E-state index in [1.807, 2.05) is 20.9 Å². The quantitative estimate of drug-likeness (QED) is 0.454. The van der Waals surface area contributed by atoms with Crippen molar-refractivity contribution in [1.82, 2.24) is 10.6 Å². The van der Waals surface area contributed by atoms with Gasteiger partial charge in [0.25, 0.3) is 5.69 Å². The van der Waals surface area contributed by atoms with Crippen molar-refractivity contribution in [1.29, 1.82) is 0 Å². The maximum Gasteiger partial charge on any atom is 0.269 e. The monoisotopic (exact) mass is 279 g/mol. The number of hydrogen-bond donors (Lipinski definition) is 2. The lowest BCUT2D eigenvalue weighted by molar-refractivity contribution is -0.384. The molecule has 0 radical (unpaired) electrons. The van der Waals surface area contributed by atoms with Gasteiger partial charge in [0.2, 0.25) is 5.91 Å². The van der Waals surface area contributed by atoms with Gasteiger partial charge >= 0.3 is 0 Å². The first kappa shape index (κ1) is 16.1. The third kappa shape index (κ3) is 4.62. The van der Waals surface area contributed by atoms with E-state index < -0.39 is 10.5 Å². The second-order valence-electron chi connectivity index (χ2n) is 5.18. The molecule has 0 aromatic heterocycles. The summed E-state index contributed by atoms with van der Waals surface area (Å²) in [5.41, 5.74) is 0.334. The Morgan fingerprint density at radius 3 is 2.40 bits per heavy atom. The highest BCUT2D eigenvalue weighted by atomic mass is 16.6. The molecule has 1 aromatic rings. The molecule has 0 heterocycles. The van der Waals surface area contributed by atoms with Crippen LogP contribution in [0.25, 0.3) is 0 Å². The number of nitro groups is 1. The average molecular weight is 279 g/mol. The molecule has 6 nitrogen and oxygen atoms in total. The van der Waals surface area contributed by atoms with Crippen LogP contribution in [0.2, 0.25) is 0 Å². The van der Waals surface area contributed by atoms with Crippen molar-refractivity contribution >= 4 is 11.6 Å². The number of benzene rings is 1. The van der Waals surface area contributed by atoms with Gasteiger partial charge in [0, 0.05) is 18.6 Å². The Hall–Kier alpha value is -1.95. The molecule has 2 N–H and O–H groups in total. The standard InChI is InChI=1S/C14H21N3O3/c1-14(2,16-13(18)5-4-10-15-3)11-6-8-12(9-7-11)17(19)20/h6-9,15H,4-5,10H2,1-3H3,(H,16,18). The van der Waals surface area contributed by atoms with Crippen molar-refractivity contribution in [2.75, 3.05) is 13.6 Å². The van der Waals surface area contributed by atoms with E-state index >= 15 is 0 Å². The Morgan fingerprint density at radius 2 is 1.90 bits per heavy atom. The molecule has 0 atom stereocenters. The Kier molecular flexibility index (Phi) is 5.64. The van der Waals surface area contributed by atoms with Gasteiger partial charge in [-0.05, 0) is 51.6 Å². The summed E-state index contributed by atoms with van der Waals surface area (Å²) in [4.78, 5) is 22.0. The maximum absolute atomic E-state index is 11.8. The minimum Gasteiger partial charge on any atom is -0.347 e. The van der Waals surface area contributed by atoms with Crippen molar-refractivity contribution in [3.8, 4) is 0 Å². The predicted octanol–water partition coefficient (Wildman–Crippen LogP) is 1.95. The van der Waals surface area contributed by atoms with Crippen LogP contribution < -0.4 is 10.6 Å². The lowest BCUT2D eigenvalue weighted by Gasteiger charge is -2.27. The molecular formula is C14H21N3O3. The van der Waals surface area contributed by atoms with Gasteiger partial charge in [0.15, 0.2) is 0 Å². The molecule has 0 saturated carbocycles. The predicted molar refractivity (Wildman–Crippen MR) is 77.4 cm³/mol. The number of rotatable bonds is 7. The lowest BCUT2D eigenvalue weighted by Crippen LogP contribution is -2.41. The summed E-state index contributed by atoms with van der Waals surface area (Å²) in [7, 11) is 1.85. The molecule has 0 fully saturated rings. The number of carbonyl (C=O) groups excluding carboxylic acids is 1. The molecule has 0 spiro atoms. The number of hydrogen-bond acceptors (Lipinski definition) is 4. The fraction of sp³-hybridized carbons (Fsp3) is 0.500. The van der Waals surface area contributed by atoms with Crippen molar-refractivity contribution in [2.24, 2.45) is 0 Å². The summed E-state index contributed by atoms with van der Waals surface area (Å²) in [6.45, 7) is 4.56. The van der Waals surface area contributed by atoms with Crippen molar-refractivity contribution in [2.45, 2.75) is 32.2 Å². The topological polar surface area (TPSA) is 84.3 Å². The van der Waals surface area contributed by atoms with Crippen LogP contribution >= 0.6 is 0 Å². The van der Waals surface area contributed by atoms with E-state index in [4.69, 9.17) is 0 Å². The average Bonchev–Trinajstić information content (AvgIpc) is 2.38. The summed E-state index contributed by atoms with van der Waals surface area (Å²) < 4.78 is 0. The van der Waals surface area contributed by atoms with Gasteiger partial charge in [-0.25, -0.2) is 0 Å². The largest absolute Gasteiger partial charge is 0.347 e. The summed E-state index contributed by atoms with van der Waals surface area (Å²) >= 11 is 0. The highest BCUT2D eigenvalue weighted by molar-refractivity contribution is 5.76. The summed E-state index contributed by atoms with van der Waals surface area (Å²) in [5, 5.41) is 16.6.